The van der Waals surface area contributed by atoms with E-state index in [1.165, 1.54) is 11.8 Å². The van der Waals surface area contributed by atoms with Gasteiger partial charge in [0.15, 0.2) is 23.0 Å². The van der Waals surface area contributed by atoms with Crippen LogP contribution in [0.25, 0.3) is 0 Å². The predicted octanol–water partition coefficient (Wildman–Crippen LogP) is 2.74. The Labute approximate surface area is 185 Å². The molecule has 0 atom stereocenters. The van der Waals surface area contributed by atoms with Crippen LogP contribution in [0.1, 0.15) is 12.0 Å². The number of methoxy groups -OCH3 is 2. The summed E-state index contributed by atoms with van der Waals surface area (Å²) < 4.78 is 21.2. The van der Waals surface area contributed by atoms with Gasteiger partial charge in [0.2, 0.25) is 12.7 Å². The molecule has 9 heteroatoms. The van der Waals surface area contributed by atoms with Gasteiger partial charge in [0, 0.05) is 18.0 Å². The number of carbonyl (C=O) groups excluding carboxylic acids is 2. The lowest BCUT2D eigenvalue weighted by Gasteiger charge is -2.28. The minimum absolute atomic E-state index is 0.101. The van der Waals surface area contributed by atoms with Gasteiger partial charge in [-0.05, 0) is 42.3 Å². The molecule has 2 aliphatic rings. The van der Waals surface area contributed by atoms with Gasteiger partial charge >= 0.3 is 0 Å². The van der Waals surface area contributed by atoms with E-state index >= 15 is 0 Å². The monoisotopic (exact) mass is 444 g/mol. The van der Waals surface area contributed by atoms with E-state index in [2.05, 4.69) is 0 Å². The van der Waals surface area contributed by atoms with Crippen LogP contribution in [0.2, 0.25) is 0 Å². The van der Waals surface area contributed by atoms with Crippen molar-refractivity contribution in [3.8, 4) is 23.0 Å². The number of benzene rings is 2. The summed E-state index contributed by atoms with van der Waals surface area (Å²) in [7, 11) is 3.15. The lowest BCUT2D eigenvalue weighted by molar-refractivity contribution is -0.155. The second kappa shape index (κ2) is 9.38. The Morgan fingerprint density at radius 1 is 0.935 bits per heavy atom. The molecule has 1 fully saturated rings. The van der Waals surface area contributed by atoms with E-state index in [1.54, 1.807) is 30.3 Å². The Morgan fingerprint density at radius 3 is 2.45 bits per heavy atom. The Hall–Kier alpha value is -3.07. The third-order valence-corrected chi connectivity index (χ3v) is 6.10. The summed E-state index contributed by atoms with van der Waals surface area (Å²) in [5.74, 6) is 2.59. The van der Waals surface area contributed by atoms with Crippen LogP contribution in [0.3, 0.4) is 0 Å². The molecule has 0 bridgehead atoms. The minimum atomic E-state index is -0.110. The van der Waals surface area contributed by atoms with Gasteiger partial charge in [0.25, 0.3) is 5.91 Å². The molecule has 1 saturated heterocycles. The number of fused-ring (bicyclic) bond motifs is 1. The van der Waals surface area contributed by atoms with Crippen LogP contribution in [0.5, 0.6) is 23.0 Å². The molecule has 2 aromatic rings. The number of hydrogen-bond donors (Lipinski definition) is 0. The number of hydrogen-bond acceptors (Lipinski definition) is 7. The van der Waals surface area contributed by atoms with Gasteiger partial charge in [0.05, 0.1) is 26.4 Å². The smallest absolute Gasteiger partial charge is 0.251 e. The van der Waals surface area contributed by atoms with Crippen molar-refractivity contribution in [3.05, 3.63) is 42.0 Å². The first-order valence-corrected chi connectivity index (χ1v) is 10.9. The molecule has 0 spiro atoms. The first kappa shape index (κ1) is 21.2. The highest BCUT2D eigenvalue weighted by Gasteiger charge is 2.30. The van der Waals surface area contributed by atoms with Gasteiger partial charge in [-0.25, -0.2) is 0 Å². The second-order valence-corrected chi connectivity index (χ2v) is 8.11. The molecule has 2 aliphatic heterocycles. The van der Waals surface area contributed by atoms with Gasteiger partial charge < -0.3 is 18.9 Å². The molecule has 2 amide bonds. The fraction of sp³-hybridized carbons (Fsp3) is 0.364. The average Bonchev–Trinajstić information content (AvgIpc) is 3.46. The summed E-state index contributed by atoms with van der Waals surface area (Å²) in [4.78, 5) is 26.6. The number of carbonyl (C=O) groups is 2. The average molecular weight is 445 g/mol. The number of ether oxygens (including phenoxy) is 4. The Balaban J connectivity index is 1.36. The molecule has 0 saturated carbocycles. The summed E-state index contributed by atoms with van der Waals surface area (Å²) in [5.41, 5.74) is 0.827. The largest absolute Gasteiger partial charge is 0.493 e. The van der Waals surface area contributed by atoms with E-state index < -0.39 is 0 Å². The van der Waals surface area contributed by atoms with Crippen LogP contribution in [0.15, 0.2) is 41.3 Å². The molecule has 2 aromatic carbocycles. The molecular formula is C22H24N2O6S. The molecule has 31 heavy (non-hydrogen) atoms. The molecule has 8 nitrogen and oxygen atoms in total. The Kier molecular flexibility index (Phi) is 6.41. The summed E-state index contributed by atoms with van der Waals surface area (Å²) in [6, 6.07) is 11.0. The van der Waals surface area contributed by atoms with Crippen LogP contribution < -0.4 is 18.9 Å². The molecule has 164 valence electrons. The van der Waals surface area contributed by atoms with Crippen molar-refractivity contribution in [3.63, 3.8) is 0 Å². The van der Waals surface area contributed by atoms with E-state index in [0.717, 1.165) is 16.9 Å². The third kappa shape index (κ3) is 4.66. The Bertz CT molecular complexity index is 982. The van der Waals surface area contributed by atoms with Crippen LogP contribution in [-0.2, 0) is 16.0 Å². The lowest BCUT2D eigenvalue weighted by Crippen LogP contribution is -2.46. The molecule has 0 radical (unpaired) electrons. The van der Waals surface area contributed by atoms with E-state index in [0.29, 0.717) is 36.1 Å². The van der Waals surface area contributed by atoms with Crippen molar-refractivity contribution in [1.82, 2.24) is 10.0 Å². The van der Waals surface area contributed by atoms with Gasteiger partial charge in [-0.2, -0.15) is 0 Å². The highest BCUT2D eigenvalue weighted by atomic mass is 32.2. The van der Waals surface area contributed by atoms with E-state index in [9.17, 15) is 9.59 Å². The number of thioether (sulfide) groups is 1. The molecule has 0 N–H and O–H groups in total. The van der Waals surface area contributed by atoms with Crippen LogP contribution in [-0.4, -0.2) is 61.7 Å². The summed E-state index contributed by atoms with van der Waals surface area (Å²) in [5, 5.41) is 3.12. The molecule has 0 aliphatic carbocycles. The highest BCUT2D eigenvalue weighted by Crippen LogP contribution is 2.33. The highest BCUT2D eigenvalue weighted by molar-refractivity contribution is 8.00. The molecule has 0 unspecified atom stereocenters. The van der Waals surface area contributed by atoms with Crippen LogP contribution in [0, 0.1) is 0 Å². The quantitative estimate of drug-likeness (QED) is 0.608. The standard InChI is InChI=1S/C22H24N2O6S/c1-27-17-7-5-16(12-19(17)28-2)31-13-22(26)24-9-3-8-23(24)21(25)11-15-4-6-18-20(10-15)30-14-29-18/h4-7,10,12H,3,8-9,11,13-14H2,1-2H3. The fourth-order valence-corrected chi connectivity index (χ4v) is 4.37. The maximum Gasteiger partial charge on any atom is 0.251 e. The number of nitrogens with zero attached hydrogens (tertiary/aromatic N) is 2. The zero-order chi connectivity index (χ0) is 21.8. The molecular weight excluding hydrogens is 420 g/mol. The van der Waals surface area contributed by atoms with Crippen LogP contribution in [0.4, 0.5) is 0 Å². The zero-order valence-corrected chi connectivity index (χ0v) is 18.3. The lowest BCUT2D eigenvalue weighted by atomic mass is 10.1. The predicted molar refractivity (Wildman–Crippen MR) is 115 cm³/mol. The van der Waals surface area contributed by atoms with Crippen molar-refractivity contribution in [1.29, 1.82) is 0 Å². The second-order valence-electron chi connectivity index (χ2n) is 7.06. The molecule has 4 rings (SSSR count). The maximum absolute atomic E-state index is 12.9. The topological polar surface area (TPSA) is 77.5 Å². The van der Waals surface area contributed by atoms with E-state index in [1.807, 2.05) is 30.3 Å². The first-order valence-electron chi connectivity index (χ1n) is 9.93. The number of hydrazine groups is 1. The van der Waals surface area contributed by atoms with Crippen molar-refractivity contribution in [2.24, 2.45) is 0 Å². The molecule has 0 aromatic heterocycles. The summed E-state index contributed by atoms with van der Waals surface area (Å²) >= 11 is 1.40. The number of amides is 2. The van der Waals surface area contributed by atoms with Crippen LogP contribution >= 0.6 is 11.8 Å². The normalized spacial score (nSPS) is 14.6. The summed E-state index contributed by atoms with van der Waals surface area (Å²) in [6.07, 6.45) is 0.961. The van der Waals surface area contributed by atoms with Gasteiger partial charge in [-0.1, -0.05) is 6.07 Å². The minimum Gasteiger partial charge on any atom is -0.493 e. The van der Waals surface area contributed by atoms with Crippen molar-refractivity contribution >= 4 is 23.6 Å². The SMILES string of the molecule is COc1ccc(SCC(=O)N2CCCN2C(=O)Cc2ccc3c(c2)OCO3)cc1OC. The van der Waals surface area contributed by atoms with Crippen molar-refractivity contribution in [2.45, 2.75) is 17.7 Å². The Morgan fingerprint density at radius 2 is 1.68 bits per heavy atom. The maximum atomic E-state index is 12.9. The van der Waals surface area contributed by atoms with Crippen molar-refractivity contribution < 1.29 is 28.5 Å². The number of rotatable bonds is 7. The van der Waals surface area contributed by atoms with Crippen molar-refractivity contribution in [2.75, 3.05) is 39.9 Å². The summed E-state index contributed by atoms with van der Waals surface area (Å²) in [6.45, 7) is 1.27. The first-order chi connectivity index (χ1) is 15.1. The van der Waals surface area contributed by atoms with Gasteiger partial charge in [-0.3, -0.25) is 19.6 Å². The van der Waals surface area contributed by atoms with E-state index in [4.69, 9.17) is 18.9 Å². The fourth-order valence-electron chi connectivity index (χ4n) is 3.57. The molecule has 2 heterocycles. The third-order valence-electron chi connectivity index (χ3n) is 5.12. The zero-order valence-electron chi connectivity index (χ0n) is 17.5. The van der Waals surface area contributed by atoms with Gasteiger partial charge in [-0.15, -0.1) is 11.8 Å². The van der Waals surface area contributed by atoms with E-state index in [-0.39, 0.29) is 30.8 Å². The van der Waals surface area contributed by atoms with Gasteiger partial charge in [0.1, 0.15) is 0 Å².